The molecule has 0 aromatic heterocycles. The number of halogens is 1. The molecule has 0 bridgehead atoms. The highest BCUT2D eigenvalue weighted by atomic mass is 32.2. The fourth-order valence-corrected chi connectivity index (χ4v) is 2.35. The van der Waals surface area contributed by atoms with Crippen LogP contribution in [0.4, 0.5) is 4.39 Å². The summed E-state index contributed by atoms with van der Waals surface area (Å²) in [6, 6.07) is 4.63. The Labute approximate surface area is 95.8 Å². The first-order chi connectivity index (χ1) is 7.56. The Morgan fingerprint density at radius 1 is 1.50 bits per heavy atom. The lowest BCUT2D eigenvalue weighted by atomic mass is 10.1. The Kier molecular flexibility index (Phi) is 4.61. The molecule has 0 saturated carbocycles. The van der Waals surface area contributed by atoms with E-state index in [1.165, 1.54) is 6.07 Å². The molecule has 1 atom stereocenters. The van der Waals surface area contributed by atoms with Gasteiger partial charge < -0.3 is 5.11 Å². The van der Waals surface area contributed by atoms with Crippen LogP contribution in [0, 0.1) is 6.92 Å². The van der Waals surface area contributed by atoms with E-state index in [4.69, 9.17) is 5.11 Å². The molecule has 1 aromatic carbocycles. The molecule has 1 N–H and O–H groups in total. The lowest BCUT2D eigenvalue weighted by molar-refractivity contribution is 0.0696. The van der Waals surface area contributed by atoms with Crippen molar-refractivity contribution < 1.29 is 18.5 Å². The van der Waals surface area contributed by atoms with Gasteiger partial charge in [-0.3, -0.25) is 8.60 Å². The number of rotatable bonds is 5. The van der Waals surface area contributed by atoms with Crippen molar-refractivity contribution in [1.82, 2.24) is 0 Å². The van der Waals surface area contributed by atoms with Gasteiger partial charge in [-0.1, -0.05) is 6.07 Å². The monoisotopic (exact) mass is 244 g/mol. The minimum absolute atomic E-state index is 0.145. The number of carbonyl (C=O) groups is 1. The first-order valence-electron chi connectivity index (χ1n) is 4.84. The second-order valence-electron chi connectivity index (χ2n) is 3.37. The van der Waals surface area contributed by atoms with Crippen molar-refractivity contribution in [2.45, 2.75) is 18.2 Å². The highest BCUT2D eigenvalue weighted by molar-refractivity contribution is 7.85. The Bertz CT molecular complexity index is 418. The maximum absolute atomic E-state index is 11.9. The minimum atomic E-state index is -1.32. The number of benzene rings is 1. The van der Waals surface area contributed by atoms with Gasteiger partial charge >= 0.3 is 5.97 Å². The average Bonchev–Trinajstić information content (AvgIpc) is 2.26. The fraction of sp³-hybridized carbons (Fsp3) is 0.364. The summed E-state index contributed by atoms with van der Waals surface area (Å²) in [6.07, 6.45) is 0.225. The van der Waals surface area contributed by atoms with E-state index < -0.39 is 23.4 Å². The molecule has 0 fully saturated rings. The zero-order chi connectivity index (χ0) is 12.1. The van der Waals surface area contributed by atoms with Crippen LogP contribution in [-0.2, 0) is 10.8 Å². The van der Waals surface area contributed by atoms with E-state index in [1.54, 1.807) is 19.1 Å². The van der Waals surface area contributed by atoms with Crippen LogP contribution >= 0.6 is 0 Å². The van der Waals surface area contributed by atoms with E-state index in [0.717, 1.165) is 0 Å². The van der Waals surface area contributed by atoms with Gasteiger partial charge in [-0.25, -0.2) is 4.79 Å². The fourth-order valence-electron chi connectivity index (χ4n) is 1.28. The Balaban J connectivity index is 2.94. The molecule has 0 aliphatic carbocycles. The van der Waals surface area contributed by atoms with Gasteiger partial charge in [0.1, 0.15) is 0 Å². The van der Waals surface area contributed by atoms with Gasteiger partial charge in [-0.2, -0.15) is 0 Å². The Morgan fingerprint density at radius 2 is 2.19 bits per heavy atom. The summed E-state index contributed by atoms with van der Waals surface area (Å²) in [7, 11) is -1.32. The molecule has 0 radical (unpaired) electrons. The number of hydrogen-bond acceptors (Lipinski definition) is 2. The van der Waals surface area contributed by atoms with Crippen molar-refractivity contribution in [3.63, 3.8) is 0 Å². The zero-order valence-corrected chi connectivity index (χ0v) is 9.72. The third-order valence-electron chi connectivity index (χ3n) is 2.17. The number of aromatic carboxylic acids is 1. The summed E-state index contributed by atoms with van der Waals surface area (Å²) in [5.41, 5.74) is 0.768. The quantitative estimate of drug-likeness (QED) is 0.863. The van der Waals surface area contributed by atoms with Gasteiger partial charge in [0, 0.05) is 10.6 Å². The van der Waals surface area contributed by atoms with Gasteiger partial charge in [0.05, 0.1) is 23.0 Å². The van der Waals surface area contributed by atoms with Crippen LogP contribution in [0.25, 0.3) is 0 Å². The second-order valence-corrected chi connectivity index (χ2v) is 4.94. The molecular weight excluding hydrogens is 231 g/mol. The molecule has 1 unspecified atom stereocenters. The molecule has 0 aliphatic heterocycles. The number of aryl methyl sites for hydroxylation is 1. The van der Waals surface area contributed by atoms with E-state index in [0.29, 0.717) is 10.5 Å². The van der Waals surface area contributed by atoms with Crippen molar-refractivity contribution in [3.05, 3.63) is 29.3 Å². The second kappa shape index (κ2) is 5.75. The van der Waals surface area contributed by atoms with Crippen LogP contribution in [0.3, 0.4) is 0 Å². The molecule has 88 valence electrons. The lowest BCUT2D eigenvalue weighted by Crippen LogP contribution is -2.04. The van der Waals surface area contributed by atoms with Crippen molar-refractivity contribution >= 4 is 16.8 Å². The zero-order valence-electron chi connectivity index (χ0n) is 8.90. The summed E-state index contributed by atoms with van der Waals surface area (Å²) in [6.45, 7) is 1.17. The molecule has 1 aromatic rings. The average molecular weight is 244 g/mol. The van der Waals surface area contributed by atoms with E-state index in [2.05, 4.69) is 0 Å². The van der Waals surface area contributed by atoms with Crippen LogP contribution in [0.5, 0.6) is 0 Å². The number of alkyl halides is 1. The highest BCUT2D eigenvalue weighted by Crippen LogP contribution is 2.15. The molecule has 16 heavy (non-hydrogen) atoms. The van der Waals surface area contributed by atoms with Gasteiger partial charge in [-0.05, 0) is 31.0 Å². The van der Waals surface area contributed by atoms with Crippen LogP contribution in [0.2, 0.25) is 0 Å². The summed E-state index contributed by atoms with van der Waals surface area (Å²) in [5, 5.41) is 8.89. The standard InChI is InChI=1S/C11H13FO3S/c1-8-3-4-9(7-10(8)11(13)14)16(15)6-2-5-12/h3-4,7H,2,5-6H2,1H3,(H,13,14). The number of carboxylic acids is 1. The van der Waals surface area contributed by atoms with E-state index in [9.17, 15) is 13.4 Å². The number of hydrogen-bond donors (Lipinski definition) is 1. The minimum Gasteiger partial charge on any atom is -0.478 e. The number of carboxylic acid groups (broad SMARTS) is 1. The van der Waals surface area contributed by atoms with E-state index in [-0.39, 0.29) is 17.7 Å². The summed E-state index contributed by atoms with van der Waals surface area (Å²) < 4.78 is 23.6. The summed E-state index contributed by atoms with van der Waals surface area (Å²) in [4.78, 5) is 11.3. The topological polar surface area (TPSA) is 54.4 Å². The first-order valence-corrected chi connectivity index (χ1v) is 6.16. The maximum Gasteiger partial charge on any atom is 0.335 e. The Morgan fingerprint density at radius 3 is 2.75 bits per heavy atom. The van der Waals surface area contributed by atoms with E-state index >= 15 is 0 Å². The summed E-state index contributed by atoms with van der Waals surface area (Å²) in [5.74, 6) is -0.819. The molecular formula is C11H13FO3S. The molecule has 0 saturated heterocycles. The van der Waals surface area contributed by atoms with Crippen LogP contribution in [-0.4, -0.2) is 27.7 Å². The van der Waals surface area contributed by atoms with Crippen molar-refractivity contribution in [2.75, 3.05) is 12.4 Å². The molecule has 1 rings (SSSR count). The first kappa shape index (κ1) is 12.8. The van der Waals surface area contributed by atoms with Crippen LogP contribution in [0.1, 0.15) is 22.3 Å². The van der Waals surface area contributed by atoms with Crippen LogP contribution < -0.4 is 0 Å². The summed E-state index contributed by atoms with van der Waals surface area (Å²) >= 11 is 0. The molecule has 3 nitrogen and oxygen atoms in total. The van der Waals surface area contributed by atoms with Crippen molar-refractivity contribution in [3.8, 4) is 0 Å². The van der Waals surface area contributed by atoms with Gasteiger partial charge in [0.25, 0.3) is 0 Å². The molecule has 0 spiro atoms. The van der Waals surface area contributed by atoms with Gasteiger partial charge in [0.15, 0.2) is 0 Å². The predicted molar refractivity (Wildman–Crippen MR) is 60.0 cm³/mol. The predicted octanol–water partition coefficient (Wildman–Crippen LogP) is 2.16. The molecule has 0 amide bonds. The molecule has 5 heteroatoms. The van der Waals surface area contributed by atoms with E-state index in [1.807, 2.05) is 0 Å². The van der Waals surface area contributed by atoms with Gasteiger partial charge in [0.2, 0.25) is 0 Å². The molecule has 0 heterocycles. The SMILES string of the molecule is Cc1ccc(S(=O)CCCF)cc1C(=O)O. The Hall–Kier alpha value is -1.23. The van der Waals surface area contributed by atoms with Gasteiger partial charge in [-0.15, -0.1) is 0 Å². The van der Waals surface area contributed by atoms with Crippen molar-refractivity contribution in [1.29, 1.82) is 0 Å². The van der Waals surface area contributed by atoms with Crippen molar-refractivity contribution in [2.24, 2.45) is 0 Å². The highest BCUT2D eigenvalue weighted by Gasteiger charge is 2.11. The normalized spacial score (nSPS) is 12.4. The smallest absolute Gasteiger partial charge is 0.335 e. The lowest BCUT2D eigenvalue weighted by Gasteiger charge is -2.05. The molecule has 0 aliphatic rings. The maximum atomic E-state index is 11.9. The van der Waals surface area contributed by atoms with Crippen LogP contribution in [0.15, 0.2) is 23.1 Å². The third kappa shape index (κ3) is 3.13. The largest absolute Gasteiger partial charge is 0.478 e. The third-order valence-corrected chi connectivity index (χ3v) is 3.60.